The largest absolute Gasteiger partial charge is 0.496 e. The van der Waals surface area contributed by atoms with Gasteiger partial charge in [0.1, 0.15) is 5.75 Å². The van der Waals surface area contributed by atoms with E-state index in [0.29, 0.717) is 11.7 Å². The third-order valence-corrected chi connectivity index (χ3v) is 4.78. The van der Waals surface area contributed by atoms with E-state index in [-0.39, 0.29) is 16.9 Å². The minimum atomic E-state index is -3.93. The van der Waals surface area contributed by atoms with E-state index < -0.39 is 15.9 Å². The maximum Gasteiger partial charge on any atom is 0.268 e. The van der Waals surface area contributed by atoms with Crippen LogP contribution in [-0.2, 0) is 14.8 Å². The van der Waals surface area contributed by atoms with Crippen LogP contribution in [0.15, 0.2) is 53.4 Å². The van der Waals surface area contributed by atoms with E-state index in [1.165, 1.54) is 25.3 Å². The van der Waals surface area contributed by atoms with Crippen LogP contribution in [0.3, 0.4) is 0 Å². The van der Waals surface area contributed by atoms with Crippen molar-refractivity contribution in [2.75, 3.05) is 7.11 Å². The zero-order valence-electron chi connectivity index (χ0n) is 14.8. The Hall–Kier alpha value is -2.87. The molecular formula is C18H22N2O5S. The van der Waals surface area contributed by atoms with Gasteiger partial charge >= 0.3 is 0 Å². The smallest absolute Gasteiger partial charge is 0.268 e. The maximum absolute atomic E-state index is 12.3. The summed E-state index contributed by atoms with van der Waals surface area (Å²) in [6.07, 6.45) is 0.250. The average Bonchev–Trinajstić information content (AvgIpc) is 2.62. The molecule has 0 aliphatic heterocycles. The summed E-state index contributed by atoms with van der Waals surface area (Å²) in [6.45, 7) is 4.04. The summed E-state index contributed by atoms with van der Waals surface area (Å²) >= 11 is 0. The molecular weight excluding hydrogens is 356 g/mol. The lowest BCUT2D eigenvalue weighted by molar-refractivity contribution is -0.106. The van der Waals surface area contributed by atoms with E-state index in [1.54, 1.807) is 30.3 Å². The van der Waals surface area contributed by atoms with E-state index in [4.69, 9.17) is 9.53 Å². The van der Waals surface area contributed by atoms with Gasteiger partial charge in [-0.25, -0.2) is 13.1 Å². The second kappa shape index (κ2) is 9.57. The van der Waals surface area contributed by atoms with Crippen LogP contribution < -0.4 is 15.2 Å². The Morgan fingerprint density at radius 3 is 2.15 bits per heavy atom. The Bertz CT molecular complexity index is 846. The fourth-order valence-electron chi connectivity index (χ4n) is 2.10. The highest BCUT2D eigenvalue weighted by molar-refractivity contribution is 7.90. The molecule has 0 aliphatic carbocycles. The molecule has 2 aromatic carbocycles. The Kier molecular flexibility index (Phi) is 7.79. The number of hydrogen-bond acceptors (Lipinski definition) is 5. The van der Waals surface area contributed by atoms with Crippen molar-refractivity contribution in [3.8, 4) is 5.75 Å². The van der Waals surface area contributed by atoms with Gasteiger partial charge < -0.3 is 10.5 Å². The summed E-state index contributed by atoms with van der Waals surface area (Å²) in [7, 11) is -2.51. The number of carbonyl (C=O) groups is 2. The number of carbonyl (C=O) groups excluding carboxylic acids is 2. The standard InChI is InChI=1S/C17H19NO4S.CH3NO/c1-12(2)13-8-10-14(11-9-13)23(20,21)18-17(19)15-6-4-5-7-16(15)22-3;2-1-3/h4-12H,1-3H3,(H,18,19);1H,(H2,2,3). The van der Waals surface area contributed by atoms with Crippen molar-refractivity contribution in [2.24, 2.45) is 5.73 Å². The lowest BCUT2D eigenvalue weighted by atomic mass is 10.0. The van der Waals surface area contributed by atoms with Gasteiger partial charge in [0.05, 0.1) is 17.6 Å². The number of primary amides is 1. The number of methoxy groups -OCH3 is 1. The van der Waals surface area contributed by atoms with E-state index in [1.807, 2.05) is 13.8 Å². The fourth-order valence-corrected chi connectivity index (χ4v) is 3.07. The molecule has 0 saturated heterocycles. The Morgan fingerprint density at radius 1 is 1.12 bits per heavy atom. The lowest BCUT2D eigenvalue weighted by Gasteiger charge is -2.11. The van der Waals surface area contributed by atoms with E-state index >= 15 is 0 Å². The number of benzene rings is 2. The van der Waals surface area contributed by atoms with Gasteiger partial charge in [0, 0.05) is 0 Å². The molecule has 0 unspecified atom stereocenters. The maximum atomic E-state index is 12.3. The predicted octanol–water partition coefficient (Wildman–Crippen LogP) is 2.04. The summed E-state index contributed by atoms with van der Waals surface area (Å²) in [5, 5.41) is 0. The predicted molar refractivity (Wildman–Crippen MR) is 98.4 cm³/mol. The molecule has 0 bridgehead atoms. The van der Waals surface area contributed by atoms with Crippen molar-refractivity contribution in [1.29, 1.82) is 0 Å². The third-order valence-electron chi connectivity index (χ3n) is 3.44. The minimum absolute atomic E-state index is 0.0464. The summed E-state index contributed by atoms with van der Waals surface area (Å²) in [5.74, 6) is -0.110. The zero-order chi connectivity index (χ0) is 19.7. The fraction of sp³-hybridized carbons (Fsp3) is 0.222. The second-order valence-corrected chi connectivity index (χ2v) is 7.18. The van der Waals surface area contributed by atoms with Crippen LogP contribution in [0.4, 0.5) is 0 Å². The molecule has 0 atom stereocenters. The molecule has 0 saturated carbocycles. The van der Waals surface area contributed by atoms with Crippen LogP contribution in [-0.4, -0.2) is 27.8 Å². The van der Waals surface area contributed by atoms with E-state index in [0.717, 1.165) is 5.56 Å². The van der Waals surface area contributed by atoms with Crippen LogP contribution in [0, 0.1) is 0 Å². The highest BCUT2D eigenvalue weighted by atomic mass is 32.2. The van der Waals surface area contributed by atoms with Gasteiger partial charge in [-0.2, -0.15) is 0 Å². The molecule has 8 heteroatoms. The molecule has 0 heterocycles. The Balaban J connectivity index is 0.00000105. The lowest BCUT2D eigenvalue weighted by Crippen LogP contribution is -2.30. The van der Waals surface area contributed by atoms with Crippen molar-refractivity contribution < 1.29 is 22.7 Å². The first kappa shape index (κ1) is 21.2. The molecule has 0 spiro atoms. The summed E-state index contributed by atoms with van der Waals surface area (Å²) < 4.78 is 31.8. The first-order valence-corrected chi connectivity index (χ1v) is 9.20. The van der Waals surface area contributed by atoms with Crippen molar-refractivity contribution in [3.63, 3.8) is 0 Å². The summed E-state index contributed by atoms with van der Waals surface area (Å²) in [6, 6.07) is 12.9. The minimum Gasteiger partial charge on any atom is -0.496 e. The number of nitrogens with one attached hydrogen (secondary N) is 1. The van der Waals surface area contributed by atoms with Crippen LogP contribution in [0.1, 0.15) is 35.7 Å². The number of rotatable bonds is 5. The van der Waals surface area contributed by atoms with Crippen molar-refractivity contribution in [3.05, 3.63) is 59.7 Å². The normalized spacial score (nSPS) is 10.5. The highest BCUT2D eigenvalue weighted by Gasteiger charge is 2.20. The average molecular weight is 378 g/mol. The van der Waals surface area contributed by atoms with Gasteiger partial charge in [-0.05, 0) is 35.7 Å². The first-order valence-electron chi connectivity index (χ1n) is 7.72. The molecule has 3 N–H and O–H groups in total. The molecule has 2 amide bonds. The quantitative estimate of drug-likeness (QED) is 0.773. The Labute approximate surface area is 153 Å². The summed E-state index contributed by atoms with van der Waals surface area (Å²) in [4.78, 5) is 20.8. The second-order valence-electron chi connectivity index (χ2n) is 5.49. The van der Waals surface area contributed by atoms with Gasteiger partial charge in [-0.3, -0.25) is 9.59 Å². The van der Waals surface area contributed by atoms with E-state index in [2.05, 4.69) is 10.5 Å². The number of amides is 2. The molecule has 0 fully saturated rings. The topological polar surface area (TPSA) is 116 Å². The van der Waals surface area contributed by atoms with Crippen LogP contribution in [0.5, 0.6) is 5.75 Å². The number of para-hydroxylation sites is 1. The summed E-state index contributed by atoms with van der Waals surface area (Å²) in [5.41, 5.74) is 5.36. The first-order chi connectivity index (χ1) is 12.3. The molecule has 26 heavy (non-hydrogen) atoms. The van der Waals surface area contributed by atoms with Gasteiger partial charge in [-0.1, -0.05) is 38.1 Å². The number of sulfonamides is 1. The monoisotopic (exact) mass is 378 g/mol. The van der Waals surface area contributed by atoms with Crippen LogP contribution in [0.25, 0.3) is 0 Å². The molecule has 7 nitrogen and oxygen atoms in total. The molecule has 0 aromatic heterocycles. The van der Waals surface area contributed by atoms with Gasteiger partial charge in [0.2, 0.25) is 6.41 Å². The molecule has 0 radical (unpaired) electrons. The van der Waals surface area contributed by atoms with Gasteiger partial charge in [-0.15, -0.1) is 0 Å². The van der Waals surface area contributed by atoms with Crippen LogP contribution >= 0.6 is 0 Å². The molecule has 0 aliphatic rings. The van der Waals surface area contributed by atoms with Crippen LogP contribution in [0.2, 0.25) is 0 Å². The Morgan fingerprint density at radius 2 is 1.65 bits per heavy atom. The zero-order valence-corrected chi connectivity index (χ0v) is 15.6. The number of ether oxygens (including phenoxy) is 1. The SMILES string of the molecule is COc1ccccc1C(=O)NS(=O)(=O)c1ccc(C(C)C)cc1.NC=O. The van der Waals surface area contributed by atoms with Crippen molar-refractivity contribution in [1.82, 2.24) is 4.72 Å². The van der Waals surface area contributed by atoms with Crippen molar-refractivity contribution >= 4 is 22.3 Å². The number of nitrogens with two attached hydrogens (primary N) is 1. The molecule has 2 rings (SSSR count). The third kappa shape index (κ3) is 5.59. The highest BCUT2D eigenvalue weighted by Crippen LogP contribution is 2.20. The molecule has 2 aromatic rings. The molecule has 140 valence electrons. The van der Waals surface area contributed by atoms with Gasteiger partial charge in [0.25, 0.3) is 15.9 Å². The van der Waals surface area contributed by atoms with Gasteiger partial charge in [0.15, 0.2) is 0 Å². The number of hydrogen-bond donors (Lipinski definition) is 2. The van der Waals surface area contributed by atoms with Crippen molar-refractivity contribution in [2.45, 2.75) is 24.7 Å². The van der Waals surface area contributed by atoms with E-state index in [9.17, 15) is 13.2 Å².